The monoisotopic (exact) mass is 480 g/mol. The van der Waals surface area contributed by atoms with Crippen molar-refractivity contribution >= 4 is 5.78 Å². The average Bonchev–Trinajstić information content (AvgIpc) is 3.62. The van der Waals surface area contributed by atoms with Gasteiger partial charge in [0.2, 0.25) is 0 Å². The highest BCUT2D eigenvalue weighted by molar-refractivity contribution is 6.03. The van der Waals surface area contributed by atoms with Gasteiger partial charge in [-0.05, 0) is 45.8 Å². The molecule has 0 radical (unpaired) electrons. The summed E-state index contributed by atoms with van der Waals surface area (Å²) in [6, 6.07) is 0. The lowest BCUT2D eigenvalue weighted by Crippen LogP contribution is -2.71. The van der Waals surface area contributed by atoms with Crippen LogP contribution in [0.15, 0.2) is 11.6 Å². The zero-order valence-corrected chi connectivity index (χ0v) is 21.6. The zero-order chi connectivity index (χ0) is 25.1. The average molecular weight is 481 g/mol. The lowest BCUT2D eigenvalue weighted by molar-refractivity contribution is -0.231. The largest absolute Gasteiger partial charge is 0.393 e. The number of carbonyl (C=O) groups excluding carboxylic acids is 1. The number of hydrogen-bond acceptors (Lipinski definition) is 8. The molecule has 8 nitrogen and oxygen atoms in total. The van der Waals surface area contributed by atoms with Crippen LogP contribution in [0.5, 0.6) is 0 Å². The second-order valence-corrected chi connectivity index (χ2v) is 12.8. The van der Waals surface area contributed by atoms with Crippen LogP contribution < -0.4 is 0 Å². The van der Waals surface area contributed by atoms with Crippen molar-refractivity contribution in [2.75, 3.05) is 20.5 Å². The van der Waals surface area contributed by atoms with Gasteiger partial charge in [0.1, 0.15) is 24.1 Å². The predicted octanol–water partition coefficient (Wildman–Crippen LogP) is 2.14. The smallest absolute Gasteiger partial charge is 0.190 e. The molecule has 2 bridgehead atoms. The van der Waals surface area contributed by atoms with Crippen molar-refractivity contribution in [3.05, 3.63) is 11.6 Å². The minimum Gasteiger partial charge on any atom is -0.393 e. The summed E-state index contributed by atoms with van der Waals surface area (Å²) in [6.45, 7) is 13.6. The first-order valence-electron chi connectivity index (χ1n) is 12.4. The number of epoxide rings is 2. The Hall–Kier alpha value is -0.870. The summed E-state index contributed by atoms with van der Waals surface area (Å²) < 4.78 is 30.8. The molecule has 192 valence electrons. The summed E-state index contributed by atoms with van der Waals surface area (Å²) >= 11 is 0. The van der Waals surface area contributed by atoms with Gasteiger partial charge in [0.05, 0.1) is 30.5 Å². The number of ketones is 1. The van der Waals surface area contributed by atoms with Crippen molar-refractivity contribution in [2.45, 2.75) is 108 Å². The molecule has 9 atom stereocenters. The number of rotatable bonds is 5. The van der Waals surface area contributed by atoms with Gasteiger partial charge in [-0.1, -0.05) is 20.8 Å². The van der Waals surface area contributed by atoms with Gasteiger partial charge in [-0.3, -0.25) is 4.79 Å². The first-order chi connectivity index (χ1) is 15.7. The molecule has 2 N–H and O–H groups in total. The third kappa shape index (κ3) is 2.82. The third-order valence-electron chi connectivity index (χ3n) is 9.63. The van der Waals surface area contributed by atoms with Gasteiger partial charge in [0, 0.05) is 30.3 Å². The minimum atomic E-state index is -1.47. The quantitative estimate of drug-likeness (QED) is 0.455. The molecule has 0 unspecified atom stereocenters. The van der Waals surface area contributed by atoms with Gasteiger partial charge < -0.3 is 33.9 Å². The molecule has 1 spiro atoms. The SMILES string of the molecule is COCO[C@@H]1C[C@]2(C)[C@@H](OC(C)(C)C)C[C@@H]3O[C@]3(CO)[C@@H]2[C@H]2O[C@]23C(=O)C=C(C)[C@@]1(O)C3(C)C. The maximum absolute atomic E-state index is 13.6. The first kappa shape index (κ1) is 24.8. The molecule has 5 rings (SSSR count). The van der Waals surface area contributed by atoms with Gasteiger partial charge in [-0.2, -0.15) is 0 Å². The number of fused-ring (bicyclic) bond motifs is 5. The second-order valence-electron chi connectivity index (χ2n) is 12.8. The van der Waals surface area contributed by atoms with Crippen molar-refractivity contribution in [2.24, 2.45) is 16.7 Å². The molecule has 2 heterocycles. The van der Waals surface area contributed by atoms with Crippen LogP contribution in [0.3, 0.4) is 0 Å². The fourth-order valence-corrected chi connectivity index (χ4v) is 7.88. The van der Waals surface area contributed by atoms with Crippen LogP contribution >= 0.6 is 0 Å². The number of aliphatic hydroxyl groups excluding tert-OH is 1. The van der Waals surface area contributed by atoms with E-state index in [4.69, 9.17) is 23.7 Å². The molecule has 4 fully saturated rings. The molecule has 2 saturated carbocycles. The summed E-state index contributed by atoms with van der Waals surface area (Å²) in [5.74, 6) is -0.465. The predicted molar refractivity (Wildman–Crippen MR) is 122 cm³/mol. The van der Waals surface area contributed by atoms with Gasteiger partial charge >= 0.3 is 0 Å². The Labute approximate surface area is 201 Å². The molecule has 0 amide bonds. The molecular weight excluding hydrogens is 440 g/mol. The highest BCUT2D eigenvalue weighted by Gasteiger charge is 2.87. The van der Waals surface area contributed by atoms with Crippen molar-refractivity contribution in [1.82, 2.24) is 0 Å². The second kappa shape index (κ2) is 7.12. The number of aliphatic hydroxyl groups is 2. The fourth-order valence-electron chi connectivity index (χ4n) is 7.88. The highest BCUT2D eigenvalue weighted by Crippen LogP contribution is 2.73. The molecule has 2 aliphatic heterocycles. The fraction of sp³-hybridized carbons (Fsp3) is 0.885. The Balaban J connectivity index is 1.72. The minimum absolute atomic E-state index is 0.00260. The Kier molecular flexibility index (Phi) is 5.20. The van der Waals surface area contributed by atoms with Crippen molar-refractivity contribution in [3.63, 3.8) is 0 Å². The topological polar surface area (TPSA) is 110 Å². The van der Waals surface area contributed by atoms with E-state index in [0.29, 0.717) is 18.4 Å². The van der Waals surface area contributed by atoms with Gasteiger partial charge in [-0.25, -0.2) is 0 Å². The maximum Gasteiger partial charge on any atom is 0.190 e. The van der Waals surface area contributed by atoms with E-state index in [1.165, 1.54) is 6.08 Å². The summed E-state index contributed by atoms with van der Waals surface area (Å²) in [6.07, 6.45) is 0.937. The summed E-state index contributed by atoms with van der Waals surface area (Å²) in [4.78, 5) is 13.6. The maximum atomic E-state index is 13.6. The first-order valence-corrected chi connectivity index (χ1v) is 12.4. The van der Waals surface area contributed by atoms with Crippen molar-refractivity contribution in [1.29, 1.82) is 0 Å². The van der Waals surface area contributed by atoms with Crippen LogP contribution in [0, 0.1) is 16.7 Å². The van der Waals surface area contributed by atoms with Crippen molar-refractivity contribution < 1.29 is 38.7 Å². The van der Waals surface area contributed by atoms with Crippen LogP contribution in [0.4, 0.5) is 0 Å². The van der Waals surface area contributed by atoms with Gasteiger partial charge in [0.25, 0.3) is 0 Å². The van der Waals surface area contributed by atoms with E-state index < -0.39 is 45.4 Å². The van der Waals surface area contributed by atoms with Crippen LogP contribution in [0.1, 0.15) is 61.3 Å². The lowest BCUT2D eigenvalue weighted by atomic mass is 9.47. The number of carbonyl (C=O) groups is 1. The number of methoxy groups -OCH3 is 1. The van der Waals surface area contributed by atoms with E-state index >= 15 is 0 Å². The molecule has 0 aromatic heterocycles. The number of hydrogen-bond donors (Lipinski definition) is 2. The summed E-state index contributed by atoms with van der Waals surface area (Å²) in [5.41, 5.74) is -4.96. The molecule has 2 saturated heterocycles. The summed E-state index contributed by atoms with van der Waals surface area (Å²) in [7, 11) is 1.55. The van der Waals surface area contributed by atoms with Crippen LogP contribution in [-0.2, 0) is 28.5 Å². The zero-order valence-electron chi connectivity index (χ0n) is 21.6. The number of ether oxygens (including phenoxy) is 5. The third-order valence-corrected chi connectivity index (χ3v) is 9.63. The molecule has 3 aliphatic carbocycles. The van der Waals surface area contributed by atoms with E-state index in [1.54, 1.807) is 14.0 Å². The van der Waals surface area contributed by atoms with Crippen LogP contribution in [-0.4, -0.2) is 83.3 Å². The van der Waals surface area contributed by atoms with Crippen LogP contribution in [0.2, 0.25) is 0 Å². The van der Waals surface area contributed by atoms with Crippen LogP contribution in [0.25, 0.3) is 0 Å². The van der Waals surface area contributed by atoms with Gasteiger partial charge in [-0.15, -0.1) is 0 Å². The van der Waals surface area contributed by atoms with E-state index in [2.05, 4.69) is 6.92 Å². The standard InChI is InChI=1S/C26H40O8/c1-14-9-15(28)26-20(34-26)19-23(7,11-18(31-13-30-8)25(14,29)22(26,5)6)16(32-21(2,3)4)10-17-24(19,12-27)33-17/h9,16-20,27,29H,10-13H2,1-8H3/t16-,17-,18+,19+,20+,23+,24-,25-,26+/m0/s1. The van der Waals surface area contributed by atoms with E-state index in [-0.39, 0.29) is 37.3 Å². The molecule has 8 heteroatoms. The summed E-state index contributed by atoms with van der Waals surface area (Å²) in [5, 5.41) is 23.0. The Morgan fingerprint density at radius 2 is 1.85 bits per heavy atom. The van der Waals surface area contributed by atoms with E-state index in [9.17, 15) is 15.0 Å². The van der Waals surface area contributed by atoms with Gasteiger partial charge in [0.15, 0.2) is 11.4 Å². The normalized spacial score (nSPS) is 50.8. The molecule has 5 aliphatic rings. The van der Waals surface area contributed by atoms with Crippen molar-refractivity contribution in [3.8, 4) is 0 Å². The van der Waals surface area contributed by atoms with E-state index in [0.717, 1.165) is 0 Å². The molecular formula is C26H40O8. The Bertz CT molecular complexity index is 922. The highest BCUT2D eigenvalue weighted by atomic mass is 16.7. The Morgan fingerprint density at radius 1 is 1.18 bits per heavy atom. The molecule has 0 aromatic carbocycles. The lowest BCUT2D eigenvalue weighted by Gasteiger charge is -2.59. The molecule has 34 heavy (non-hydrogen) atoms. The molecule has 0 aromatic rings. The van der Waals surface area contributed by atoms with E-state index in [1.807, 2.05) is 34.6 Å². The Morgan fingerprint density at radius 3 is 2.44 bits per heavy atom.